The smallest absolute Gasteiger partial charge is 0.119 e. The summed E-state index contributed by atoms with van der Waals surface area (Å²) in [6, 6.07) is 8.60. The predicted molar refractivity (Wildman–Crippen MR) is 117 cm³/mol. The Hall–Kier alpha value is -1.28. The van der Waals surface area contributed by atoms with Crippen LogP contribution in [0.1, 0.15) is 67.7 Å². The summed E-state index contributed by atoms with van der Waals surface area (Å²) in [4.78, 5) is 0. The van der Waals surface area contributed by atoms with Crippen molar-refractivity contribution in [2.45, 2.75) is 73.1 Å². The summed E-state index contributed by atoms with van der Waals surface area (Å²) in [6.45, 7) is 11.9. The topological polar surface area (TPSA) is 9.23 Å². The third-order valence-electron chi connectivity index (χ3n) is 5.44. The normalized spacial score (nSPS) is 11.0. The SMILES string of the molecule is CCCCCCCCOc1ccc(-c2c(C)c(C)c(Br)c(C)c2C)cc1. The van der Waals surface area contributed by atoms with Crippen molar-refractivity contribution in [3.63, 3.8) is 0 Å². The lowest BCUT2D eigenvalue weighted by atomic mass is 9.90. The minimum atomic E-state index is 0.819. The van der Waals surface area contributed by atoms with Gasteiger partial charge in [-0.25, -0.2) is 0 Å². The Balaban J connectivity index is 2.00. The van der Waals surface area contributed by atoms with Crippen LogP contribution in [0.5, 0.6) is 5.75 Å². The number of halogens is 1. The lowest BCUT2D eigenvalue weighted by molar-refractivity contribution is 0.304. The Morgan fingerprint density at radius 1 is 0.731 bits per heavy atom. The van der Waals surface area contributed by atoms with Gasteiger partial charge in [0.1, 0.15) is 5.75 Å². The maximum atomic E-state index is 5.92. The van der Waals surface area contributed by atoms with Gasteiger partial charge in [-0.3, -0.25) is 0 Å². The molecule has 142 valence electrons. The molecule has 26 heavy (non-hydrogen) atoms. The third-order valence-corrected chi connectivity index (χ3v) is 6.63. The number of hydrogen-bond donors (Lipinski definition) is 0. The van der Waals surface area contributed by atoms with Crippen LogP contribution in [-0.4, -0.2) is 6.61 Å². The maximum absolute atomic E-state index is 5.92. The van der Waals surface area contributed by atoms with E-state index in [0.29, 0.717) is 0 Å². The first-order valence-electron chi connectivity index (χ1n) is 9.96. The molecule has 0 aliphatic heterocycles. The molecule has 0 spiro atoms. The van der Waals surface area contributed by atoms with Crippen molar-refractivity contribution in [2.24, 2.45) is 0 Å². The van der Waals surface area contributed by atoms with Crippen LogP contribution in [0.3, 0.4) is 0 Å². The van der Waals surface area contributed by atoms with Crippen LogP contribution in [0, 0.1) is 27.7 Å². The van der Waals surface area contributed by atoms with Crippen LogP contribution < -0.4 is 4.74 Å². The molecule has 0 saturated carbocycles. The first-order valence-corrected chi connectivity index (χ1v) is 10.8. The standard InChI is InChI=1S/C24H33BrO/c1-6-7-8-9-10-11-16-26-22-14-12-21(13-15-22)23-17(2)19(4)24(25)20(5)18(23)3/h12-15H,6-11,16H2,1-5H3. The van der Waals surface area contributed by atoms with Crippen molar-refractivity contribution in [1.29, 1.82) is 0 Å². The van der Waals surface area contributed by atoms with Gasteiger partial charge >= 0.3 is 0 Å². The molecule has 1 nitrogen and oxygen atoms in total. The fourth-order valence-electron chi connectivity index (χ4n) is 3.49. The fraction of sp³-hybridized carbons (Fsp3) is 0.500. The van der Waals surface area contributed by atoms with Crippen molar-refractivity contribution >= 4 is 15.9 Å². The number of benzene rings is 2. The van der Waals surface area contributed by atoms with E-state index < -0.39 is 0 Å². The van der Waals surface area contributed by atoms with Crippen molar-refractivity contribution in [3.8, 4) is 16.9 Å². The van der Waals surface area contributed by atoms with E-state index in [9.17, 15) is 0 Å². The molecule has 0 aromatic heterocycles. The molecule has 0 aliphatic rings. The first kappa shape index (κ1) is 21.0. The Kier molecular flexibility index (Phi) is 8.21. The fourth-order valence-corrected chi connectivity index (χ4v) is 4.08. The molecule has 0 radical (unpaired) electrons. The minimum Gasteiger partial charge on any atom is -0.494 e. The molecule has 0 N–H and O–H groups in total. The number of hydrogen-bond acceptors (Lipinski definition) is 1. The van der Waals surface area contributed by atoms with Crippen molar-refractivity contribution in [2.75, 3.05) is 6.61 Å². The van der Waals surface area contributed by atoms with Gasteiger partial charge in [0, 0.05) is 4.47 Å². The van der Waals surface area contributed by atoms with Crippen molar-refractivity contribution < 1.29 is 4.74 Å². The van der Waals surface area contributed by atoms with Gasteiger partial charge in [0.15, 0.2) is 0 Å². The highest BCUT2D eigenvalue weighted by atomic mass is 79.9. The van der Waals surface area contributed by atoms with E-state index in [0.717, 1.165) is 18.8 Å². The van der Waals surface area contributed by atoms with E-state index in [4.69, 9.17) is 4.74 Å². The van der Waals surface area contributed by atoms with Crippen LogP contribution in [0.2, 0.25) is 0 Å². The predicted octanol–water partition coefficient (Wildman–Crippen LogP) is 8.09. The molecular formula is C24H33BrO. The van der Waals surface area contributed by atoms with Crippen LogP contribution in [0.4, 0.5) is 0 Å². The summed E-state index contributed by atoms with van der Waals surface area (Å²) in [6.07, 6.45) is 7.77. The van der Waals surface area contributed by atoms with Gasteiger partial charge in [0.05, 0.1) is 6.61 Å². The molecule has 0 fully saturated rings. The Morgan fingerprint density at radius 2 is 1.27 bits per heavy atom. The van der Waals surface area contributed by atoms with Crippen LogP contribution in [0.25, 0.3) is 11.1 Å². The molecule has 2 aromatic rings. The largest absolute Gasteiger partial charge is 0.494 e. The molecule has 0 atom stereocenters. The van der Waals surface area contributed by atoms with Gasteiger partial charge < -0.3 is 4.74 Å². The Labute approximate surface area is 168 Å². The average Bonchev–Trinajstić information content (AvgIpc) is 2.65. The summed E-state index contributed by atoms with van der Waals surface area (Å²) in [7, 11) is 0. The van der Waals surface area contributed by atoms with Gasteiger partial charge in [-0.05, 0) is 79.6 Å². The van der Waals surface area contributed by atoms with E-state index in [-0.39, 0.29) is 0 Å². The zero-order chi connectivity index (χ0) is 19.1. The second-order valence-corrected chi connectivity index (χ2v) is 8.12. The number of rotatable bonds is 9. The minimum absolute atomic E-state index is 0.819. The number of unbranched alkanes of at least 4 members (excludes halogenated alkanes) is 5. The van der Waals surface area contributed by atoms with Crippen LogP contribution >= 0.6 is 15.9 Å². The molecule has 0 unspecified atom stereocenters. The lowest BCUT2D eigenvalue weighted by Crippen LogP contribution is -1.99. The van der Waals surface area contributed by atoms with Crippen molar-refractivity contribution in [3.05, 3.63) is 51.0 Å². The highest BCUT2D eigenvalue weighted by Gasteiger charge is 2.14. The van der Waals surface area contributed by atoms with Gasteiger partial charge in [-0.1, -0.05) is 67.1 Å². The van der Waals surface area contributed by atoms with Crippen LogP contribution in [-0.2, 0) is 0 Å². The van der Waals surface area contributed by atoms with Gasteiger partial charge in [-0.2, -0.15) is 0 Å². The summed E-state index contributed by atoms with van der Waals surface area (Å²) in [5.74, 6) is 0.975. The summed E-state index contributed by atoms with van der Waals surface area (Å²) in [5, 5.41) is 0. The van der Waals surface area contributed by atoms with Gasteiger partial charge in [0.2, 0.25) is 0 Å². The van der Waals surface area contributed by atoms with E-state index in [1.165, 1.54) is 70.0 Å². The van der Waals surface area contributed by atoms with Crippen molar-refractivity contribution in [1.82, 2.24) is 0 Å². The average molecular weight is 417 g/mol. The monoisotopic (exact) mass is 416 g/mol. The zero-order valence-electron chi connectivity index (χ0n) is 17.0. The zero-order valence-corrected chi connectivity index (χ0v) is 18.6. The first-order chi connectivity index (χ1) is 12.5. The molecule has 0 aliphatic carbocycles. The Bertz CT molecular complexity index is 687. The molecule has 0 saturated heterocycles. The molecule has 0 heterocycles. The highest BCUT2D eigenvalue weighted by Crippen LogP contribution is 2.37. The molecule has 2 rings (SSSR count). The molecule has 0 bridgehead atoms. The van der Waals surface area contributed by atoms with E-state index in [1.807, 2.05) is 0 Å². The molecule has 2 aromatic carbocycles. The lowest BCUT2D eigenvalue weighted by Gasteiger charge is -2.18. The summed E-state index contributed by atoms with van der Waals surface area (Å²) in [5.41, 5.74) is 7.97. The van der Waals surface area contributed by atoms with Crippen LogP contribution in [0.15, 0.2) is 28.7 Å². The number of ether oxygens (including phenoxy) is 1. The third kappa shape index (κ3) is 5.13. The molecule has 0 amide bonds. The summed E-state index contributed by atoms with van der Waals surface area (Å²) < 4.78 is 7.15. The van der Waals surface area contributed by atoms with E-state index in [2.05, 4.69) is 74.8 Å². The van der Waals surface area contributed by atoms with Gasteiger partial charge in [0.25, 0.3) is 0 Å². The maximum Gasteiger partial charge on any atom is 0.119 e. The molecular weight excluding hydrogens is 384 g/mol. The summed E-state index contributed by atoms with van der Waals surface area (Å²) >= 11 is 3.73. The van der Waals surface area contributed by atoms with E-state index in [1.54, 1.807) is 0 Å². The second kappa shape index (κ2) is 10.2. The quantitative estimate of drug-likeness (QED) is 0.375. The van der Waals surface area contributed by atoms with Gasteiger partial charge in [-0.15, -0.1) is 0 Å². The second-order valence-electron chi connectivity index (χ2n) is 7.33. The highest BCUT2D eigenvalue weighted by molar-refractivity contribution is 9.10. The Morgan fingerprint density at radius 3 is 1.85 bits per heavy atom. The van der Waals surface area contributed by atoms with E-state index >= 15 is 0 Å². The molecule has 2 heteroatoms.